The third-order valence-electron chi connectivity index (χ3n) is 1.96. The molecule has 0 unspecified atom stereocenters. The molecule has 11 heavy (non-hydrogen) atoms. The van der Waals surface area contributed by atoms with Gasteiger partial charge in [-0.05, 0) is 19.9 Å². The Bertz CT molecular complexity index is 130. The van der Waals surface area contributed by atoms with Crippen molar-refractivity contribution in [3.05, 3.63) is 0 Å². The highest BCUT2D eigenvalue weighted by molar-refractivity contribution is 5.82. The lowest BCUT2D eigenvalue weighted by Gasteiger charge is -2.05. The average molecular weight is 157 g/mol. The minimum absolute atomic E-state index is 0.210. The van der Waals surface area contributed by atoms with Crippen LogP contribution in [-0.4, -0.2) is 32.1 Å². The van der Waals surface area contributed by atoms with Crippen LogP contribution < -0.4 is 5.32 Å². The number of Topliss-reactive ketones (excluding diaryl/α,β-unsaturated/α-hetero) is 1. The van der Waals surface area contributed by atoms with E-state index in [0.717, 1.165) is 19.5 Å². The van der Waals surface area contributed by atoms with Gasteiger partial charge in [0, 0.05) is 19.1 Å². The SMILES string of the molecule is CCOCC(=O)[C@H]1CCNC1. The van der Waals surface area contributed by atoms with Crippen LogP contribution in [0.15, 0.2) is 0 Å². The van der Waals surface area contributed by atoms with Crippen LogP contribution in [0.5, 0.6) is 0 Å². The molecule has 1 aliphatic heterocycles. The van der Waals surface area contributed by atoms with Gasteiger partial charge in [0.1, 0.15) is 6.61 Å². The molecule has 0 aliphatic carbocycles. The molecule has 1 N–H and O–H groups in total. The summed E-state index contributed by atoms with van der Waals surface area (Å²) in [5.74, 6) is 0.457. The molecule has 0 amide bonds. The van der Waals surface area contributed by atoms with Gasteiger partial charge in [-0.3, -0.25) is 4.79 Å². The first kappa shape index (κ1) is 8.68. The van der Waals surface area contributed by atoms with E-state index in [-0.39, 0.29) is 11.7 Å². The summed E-state index contributed by atoms with van der Waals surface area (Å²) in [5, 5.41) is 3.15. The number of nitrogens with one attached hydrogen (secondary N) is 1. The summed E-state index contributed by atoms with van der Waals surface area (Å²) in [4.78, 5) is 11.2. The lowest BCUT2D eigenvalue weighted by molar-refractivity contribution is -0.126. The van der Waals surface area contributed by atoms with Crippen molar-refractivity contribution in [3.63, 3.8) is 0 Å². The van der Waals surface area contributed by atoms with Crippen molar-refractivity contribution >= 4 is 5.78 Å². The molecular formula is C8H15NO2. The molecule has 1 fully saturated rings. The molecule has 1 heterocycles. The molecule has 0 aromatic heterocycles. The Balaban J connectivity index is 2.17. The zero-order chi connectivity index (χ0) is 8.10. The molecule has 3 nitrogen and oxygen atoms in total. The van der Waals surface area contributed by atoms with Crippen LogP contribution in [0.3, 0.4) is 0 Å². The number of ether oxygens (including phenoxy) is 1. The first-order valence-corrected chi connectivity index (χ1v) is 4.15. The molecule has 1 aliphatic rings. The van der Waals surface area contributed by atoms with Crippen LogP contribution in [0.2, 0.25) is 0 Å². The molecule has 0 aromatic rings. The predicted molar refractivity (Wildman–Crippen MR) is 42.5 cm³/mol. The Morgan fingerprint density at radius 2 is 2.55 bits per heavy atom. The van der Waals surface area contributed by atoms with E-state index < -0.39 is 0 Å². The smallest absolute Gasteiger partial charge is 0.162 e. The molecule has 1 atom stereocenters. The van der Waals surface area contributed by atoms with E-state index in [0.29, 0.717) is 13.2 Å². The van der Waals surface area contributed by atoms with Crippen LogP contribution in [-0.2, 0) is 9.53 Å². The molecule has 0 aromatic carbocycles. The second-order valence-corrected chi connectivity index (χ2v) is 2.79. The van der Waals surface area contributed by atoms with Crippen LogP contribution >= 0.6 is 0 Å². The Labute approximate surface area is 67.1 Å². The molecule has 0 saturated carbocycles. The third-order valence-corrected chi connectivity index (χ3v) is 1.96. The second kappa shape index (κ2) is 4.46. The summed E-state index contributed by atoms with van der Waals surface area (Å²) in [7, 11) is 0. The fourth-order valence-electron chi connectivity index (χ4n) is 1.25. The molecule has 0 bridgehead atoms. The van der Waals surface area contributed by atoms with Crippen molar-refractivity contribution < 1.29 is 9.53 Å². The monoisotopic (exact) mass is 157 g/mol. The standard InChI is InChI=1S/C8H15NO2/c1-2-11-6-8(10)7-3-4-9-5-7/h7,9H,2-6H2,1H3/t7-/m0/s1. The van der Waals surface area contributed by atoms with Gasteiger partial charge < -0.3 is 10.1 Å². The van der Waals surface area contributed by atoms with Crippen molar-refractivity contribution in [1.82, 2.24) is 5.32 Å². The lowest BCUT2D eigenvalue weighted by atomic mass is 10.0. The molecule has 1 rings (SSSR count). The Hall–Kier alpha value is -0.410. The Morgan fingerprint density at radius 3 is 3.09 bits per heavy atom. The lowest BCUT2D eigenvalue weighted by Crippen LogP contribution is -2.22. The highest BCUT2D eigenvalue weighted by Gasteiger charge is 2.21. The van der Waals surface area contributed by atoms with Gasteiger partial charge in [0.15, 0.2) is 5.78 Å². The van der Waals surface area contributed by atoms with E-state index in [1.807, 2.05) is 6.92 Å². The summed E-state index contributed by atoms with van der Waals surface area (Å²) in [6.45, 7) is 4.64. The normalized spacial score (nSPS) is 23.9. The summed E-state index contributed by atoms with van der Waals surface area (Å²) < 4.78 is 5.03. The highest BCUT2D eigenvalue weighted by atomic mass is 16.5. The maximum absolute atomic E-state index is 11.2. The number of hydrogen-bond donors (Lipinski definition) is 1. The number of ketones is 1. The van der Waals surface area contributed by atoms with E-state index in [2.05, 4.69) is 5.32 Å². The Morgan fingerprint density at radius 1 is 1.73 bits per heavy atom. The number of hydrogen-bond acceptors (Lipinski definition) is 3. The summed E-state index contributed by atoms with van der Waals surface area (Å²) in [6.07, 6.45) is 0.978. The van der Waals surface area contributed by atoms with Crippen LogP contribution in [0.1, 0.15) is 13.3 Å². The molecule has 3 heteroatoms. The maximum atomic E-state index is 11.2. The van der Waals surface area contributed by atoms with Crippen molar-refractivity contribution in [3.8, 4) is 0 Å². The van der Waals surface area contributed by atoms with Crippen molar-refractivity contribution in [2.75, 3.05) is 26.3 Å². The van der Waals surface area contributed by atoms with Gasteiger partial charge in [0.05, 0.1) is 0 Å². The van der Waals surface area contributed by atoms with Gasteiger partial charge >= 0.3 is 0 Å². The number of rotatable bonds is 4. The van der Waals surface area contributed by atoms with E-state index in [4.69, 9.17) is 4.74 Å². The van der Waals surface area contributed by atoms with E-state index >= 15 is 0 Å². The first-order chi connectivity index (χ1) is 5.34. The number of carbonyl (C=O) groups excluding carboxylic acids is 1. The third kappa shape index (κ3) is 2.60. The van der Waals surface area contributed by atoms with Gasteiger partial charge in [0.25, 0.3) is 0 Å². The number of carbonyl (C=O) groups is 1. The van der Waals surface area contributed by atoms with Gasteiger partial charge in [-0.1, -0.05) is 0 Å². The minimum atomic E-state index is 0.210. The van der Waals surface area contributed by atoms with Crippen molar-refractivity contribution in [2.45, 2.75) is 13.3 Å². The fraction of sp³-hybridized carbons (Fsp3) is 0.875. The van der Waals surface area contributed by atoms with E-state index in [1.54, 1.807) is 0 Å². The first-order valence-electron chi connectivity index (χ1n) is 4.15. The summed E-state index contributed by atoms with van der Waals surface area (Å²) in [5.41, 5.74) is 0. The van der Waals surface area contributed by atoms with Crippen LogP contribution in [0.25, 0.3) is 0 Å². The van der Waals surface area contributed by atoms with Gasteiger partial charge in [-0.2, -0.15) is 0 Å². The van der Waals surface area contributed by atoms with Crippen LogP contribution in [0.4, 0.5) is 0 Å². The van der Waals surface area contributed by atoms with Gasteiger partial charge in [-0.25, -0.2) is 0 Å². The quantitative estimate of drug-likeness (QED) is 0.633. The Kier molecular flexibility index (Phi) is 3.52. The van der Waals surface area contributed by atoms with Crippen LogP contribution in [0, 0.1) is 5.92 Å². The highest BCUT2D eigenvalue weighted by Crippen LogP contribution is 2.08. The van der Waals surface area contributed by atoms with Gasteiger partial charge in [-0.15, -0.1) is 0 Å². The molecular weight excluding hydrogens is 142 g/mol. The topological polar surface area (TPSA) is 38.3 Å². The van der Waals surface area contributed by atoms with Crippen molar-refractivity contribution in [1.29, 1.82) is 0 Å². The molecule has 0 spiro atoms. The molecule has 1 saturated heterocycles. The predicted octanol–water partition coefficient (Wildman–Crippen LogP) is 0.201. The zero-order valence-corrected chi connectivity index (χ0v) is 6.93. The minimum Gasteiger partial charge on any atom is -0.374 e. The molecule has 0 radical (unpaired) electrons. The summed E-state index contributed by atoms with van der Waals surface area (Å²) in [6, 6.07) is 0. The summed E-state index contributed by atoms with van der Waals surface area (Å²) >= 11 is 0. The zero-order valence-electron chi connectivity index (χ0n) is 6.93. The fourth-order valence-corrected chi connectivity index (χ4v) is 1.25. The van der Waals surface area contributed by atoms with E-state index in [9.17, 15) is 4.79 Å². The van der Waals surface area contributed by atoms with Gasteiger partial charge in [0.2, 0.25) is 0 Å². The van der Waals surface area contributed by atoms with Crippen molar-refractivity contribution in [2.24, 2.45) is 5.92 Å². The largest absolute Gasteiger partial charge is 0.374 e. The average Bonchev–Trinajstić information content (AvgIpc) is 2.52. The van der Waals surface area contributed by atoms with E-state index in [1.165, 1.54) is 0 Å². The maximum Gasteiger partial charge on any atom is 0.162 e. The molecule has 64 valence electrons. The second-order valence-electron chi connectivity index (χ2n) is 2.79.